The van der Waals surface area contributed by atoms with Crippen LogP contribution in [0, 0.1) is 0 Å². The minimum Gasteiger partial charge on any atom is -0.490 e. The fourth-order valence-corrected chi connectivity index (χ4v) is 2.39. The van der Waals surface area contributed by atoms with Crippen molar-refractivity contribution in [1.82, 2.24) is 4.98 Å². The Morgan fingerprint density at radius 2 is 1.87 bits per heavy atom. The number of carbonyl (C=O) groups is 1. The van der Waals surface area contributed by atoms with E-state index in [9.17, 15) is 4.79 Å². The average Bonchev–Trinajstić information content (AvgIpc) is 2.53. The molecule has 0 atom stereocenters. The molecule has 0 fully saturated rings. The van der Waals surface area contributed by atoms with Gasteiger partial charge >= 0.3 is 5.97 Å². The van der Waals surface area contributed by atoms with Crippen molar-refractivity contribution in [2.24, 2.45) is 0 Å². The summed E-state index contributed by atoms with van der Waals surface area (Å²) in [5.74, 6) is 0.520. The van der Waals surface area contributed by atoms with E-state index in [1.807, 2.05) is 44.0 Å². The summed E-state index contributed by atoms with van der Waals surface area (Å²) in [6.45, 7) is 5.35. The molecule has 0 spiro atoms. The maximum atomic E-state index is 10.8. The summed E-state index contributed by atoms with van der Waals surface area (Å²) < 4.78 is 11.3. The number of anilines is 1. The second kappa shape index (κ2) is 7.67. The van der Waals surface area contributed by atoms with E-state index in [1.54, 1.807) is 6.20 Å². The summed E-state index contributed by atoms with van der Waals surface area (Å²) in [7, 11) is 1.87. The number of nitrogens with zero attached hydrogens (tertiary/aromatic N) is 2. The number of aliphatic carboxylic acids is 1. The van der Waals surface area contributed by atoms with Gasteiger partial charge in [-0.05, 0) is 26.0 Å². The van der Waals surface area contributed by atoms with E-state index in [-0.39, 0.29) is 6.42 Å². The molecule has 0 saturated carbocycles. The predicted molar refractivity (Wildman–Crippen MR) is 89.6 cm³/mol. The number of benzene rings is 1. The van der Waals surface area contributed by atoms with Crippen LogP contribution in [0.25, 0.3) is 10.9 Å². The van der Waals surface area contributed by atoms with Crippen LogP contribution >= 0.6 is 0 Å². The van der Waals surface area contributed by atoms with Gasteiger partial charge in [0, 0.05) is 36.9 Å². The molecule has 124 valence electrons. The third kappa shape index (κ3) is 4.03. The third-order valence-electron chi connectivity index (χ3n) is 3.46. The van der Waals surface area contributed by atoms with Crippen LogP contribution < -0.4 is 14.4 Å². The molecule has 1 heterocycles. The fraction of sp³-hybridized carbons (Fsp3) is 0.412. The van der Waals surface area contributed by atoms with Crippen LogP contribution in [0.2, 0.25) is 0 Å². The molecule has 0 saturated heterocycles. The molecule has 23 heavy (non-hydrogen) atoms. The maximum absolute atomic E-state index is 10.8. The molecule has 0 radical (unpaired) electrons. The molecular formula is C17H22N2O4. The van der Waals surface area contributed by atoms with Crippen molar-refractivity contribution in [1.29, 1.82) is 0 Å². The van der Waals surface area contributed by atoms with Gasteiger partial charge in [-0.25, -0.2) is 0 Å². The van der Waals surface area contributed by atoms with Crippen molar-refractivity contribution >= 4 is 22.6 Å². The summed E-state index contributed by atoms with van der Waals surface area (Å²) in [5, 5.41) is 9.77. The molecule has 0 bridgehead atoms. The van der Waals surface area contributed by atoms with Crippen LogP contribution in [-0.2, 0) is 4.79 Å². The summed E-state index contributed by atoms with van der Waals surface area (Å²) in [5.41, 5.74) is 1.71. The van der Waals surface area contributed by atoms with E-state index < -0.39 is 5.97 Å². The van der Waals surface area contributed by atoms with Crippen LogP contribution in [0.3, 0.4) is 0 Å². The lowest BCUT2D eigenvalue weighted by atomic mass is 10.1. The minimum atomic E-state index is -0.816. The zero-order valence-corrected chi connectivity index (χ0v) is 13.7. The number of hydrogen-bond acceptors (Lipinski definition) is 5. The largest absolute Gasteiger partial charge is 0.490 e. The summed E-state index contributed by atoms with van der Waals surface area (Å²) in [6, 6.07) is 5.64. The van der Waals surface area contributed by atoms with Gasteiger partial charge in [0.15, 0.2) is 11.5 Å². The molecule has 0 aliphatic rings. The lowest BCUT2D eigenvalue weighted by molar-refractivity contribution is -0.136. The number of carboxylic acids is 1. The van der Waals surface area contributed by atoms with Crippen molar-refractivity contribution < 1.29 is 19.4 Å². The van der Waals surface area contributed by atoms with E-state index in [0.29, 0.717) is 31.3 Å². The van der Waals surface area contributed by atoms with Gasteiger partial charge in [0.1, 0.15) is 0 Å². The highest BCUT2D eigenvalue weighted by Crippen LogP contribution is 2.35. The highest BCUT2D eigenvalue weighted by molar-refractivity contribution is 5.94. The highest BCUT2D eigenvalue weighted by Gasteiger charge is 2.13. The lowest BCUT2D eigenvalue weighted by Crippen LogP contribution is -2.21. The van der Waals surface area contributed by atoms with Crippen molar-refractivity contribution in [3.8, 4) is 11.5 Å². The van der Waals surface area contributed by atoms with Crippen molar-refractivity contribution in [3.05, 3.63) is 24.4 Å². The van der Waals surface area contributed by atoms with Crippen molar-refractivity contribution in [2.45, 2.75) is 20.3 Å². The lowest BCUT2D eigenvalue weighted by Gasteiger charge is -2.21. The molecule has 0 aliphatic heterocycles. The number of pyridine rings is 1. The quantitative estimate of drug-likeness (QED) is 0.807. The van der Waals surface area contributed by atoms with Crippen LogP contribution in [0.1, 0.15) is 20.3 Å². The zero-order chi connectivity index (χ0) is 16.8. The first kappa shape index (κ1) is 16.9. The Bertz CT molecular complexity index is 688. The smallest absolute Gasteiger partial charge is 0.305 e. The Balaban J connectivity index is 2.45. The van der Waals surface area contributed by atoms with Crippen LogP contribution in [0.5, 0.6) is 11.5 Å². The minimum absolute atomic E-state index is 0.0790. The van der Waals surface area contributed by atoms with Gasteiger partial charge in [-0.2, -0.15) is 0 Å². The van der Waals surface area contributed by atoms with Gasteiger partial charge in [0.05, 0.1) is 25.2 Å². The molecule has 1 N–H and O–H groups in total. The molecule has 0 aliphatic carbocycles. The standard InChI is InChI=1S/C17H22N2O4/c1-4-22-15-10-12-13(11-16(15)23-5-2)18-8-6-14(12)19(3)9-7-17(20)21/h6,8,10-11H,4-5,7,9H2,1-3H3,(H,20,21). The first-order chi connectivity index (χ1) is 11.1. The van der Waals surface area contributed by atoms with E-state index in [0.717, 1.165) is 16.6 Å². The Hall–Kier alpha value is -2.50. The topological polar surface area (TPSA) is 71.9 Å². The van der Waals surface area contributed by atoms with Gasteiger partial charge in [-0.3, -0.25) is 9.78 Å². The number of hydrogen-bond donors (Lipinski definition) is 1. The molecule has 1 aromatic heterocycles. The number of carboxylic acid groups (broad SMARTS) is 1. The van der Waals surface area contributed by atoms with Crippen LogP contribution in [-0.4, -0.2) is 42.9 Å². The molecule has 6 heteroatoms. The first-order valence-electron chi connectivity index (χ1n) is 7.68. The van der Waals surface area contributed by atoms with Crippen LogP contribution in [0.15, 0.2) is 24.4 Å². The molecular weight excluding hydrogens is 296 g/mol. The highest BCUT2D eigenvalue weighted by atomic mass is 16.5. The first-order valence-corrected chi connectivity index (χ1v) is 7.68. The third-order valence-corrected chi connectivity index (χ3v) is 3.46. The molecule has 2 rings (SSSR count). The molecule has 6 nitrogen and oxygen atoms in total. The normalized spacial score (nSPS) is 10.6. The molecule has 2 aromatic rings. The average molecular weight is 318 g/mol. The summed E-state index contributed by atoms with van der Waals surface area (Å²) >= 11 is 0. The monoisotopic (exact) mass is 318 g/mol. The van der Waals surface area contributed by atoms with Gasteiger partial charge in [-0.1, -0.05) is 0 Å². The molecule has 0 unspecified atom stereocenters. The van der Waals surface area contributed by atoms with E-state index in [4.69, 9.17) is 14.6 Å². The van der Waals surface area contributed by atoms with E-state index in [2.05, 4.69) is 4.98 Å². The van der Waals surface area contributed by atoms with E-state index in [1.165, 1.54) is 0 Å². The van der Waals surface area contributed by atoms with E-state index >= 15 is 0 Å². The maximum Gasteiger partial charge on any atom is 0.305 e. The second-order valence-electron chi connectivity index (χ2n) is 5.08. The molecule has 0 amide bonds. The summed E-state index contributed by atoms with van der Waals surface area (Å²) in [4.78, 5) is 17.1. The van der Waals surface area contributed by atoms with Crippen molar-refractivity contribution in [3.63, 3.8) is 0 Å². The van der Waals surface area contributed by atoms with Crippen LogP contribution in [0.4, 0.5) is 5.69 Å². The SMILES string of the molecule is CCOc1cc2nccc(N(C)CCC(=O)O)c2cc1OCC. The summed E-state index contributed by atoms with van der Waals surface area (Å²) in [6.07, 6.45) is 1.79. The number of aromatic nitrogens is 1. The fourth-order valence-electron chi connectivity index (χ4n) is 2.39. The van der Waals surface area contributed by atoms with Crippen molar-refractivity contribution in [2.75, 3.05) is 31.7 Å². The van der Waals surface area contributed by atoms with Gasteiger partial charge in [0.25, 0.3) is 0 Å². The molecule has 1 aromatic carbocycles. The zero-order valence-electron chi connectivity index (χ0n) is 13.7. The Morgan fingerprint density at radius 1 is 1.22 bits per heavy atom. The number of ether oxygens (including phenoxy) is 2. The predicted octanol–water partition coefficient (Wildman–Crippen LogP) is 2.94. The number of fused-ring (bicyclic) bond motifs is 1. The Kier molecular flexibility index (Phi) is 5.62. The Labute approximate surface area is 135 Å². The van der Waals surface area contributed by atoms with Gasteiger partial charge in [0.2, 0.25) is 0 Å². The second-order valence-corrected chi connectivity index (χ2v) is 5.08. The van der Waals surface area contributed by atoms with Gasteiger partial charge in [-0.15, -0.1) is 0 Å². The van der Waals surface area contributed by atoms with Gasteiger partial charge < -0.3 is 19.5 Å². The Morgan fingerprint density at radius 3 is 2.48 bits per heavy atom. The number of rotatable bonds is 8.